The highest BCUT2D eigenvalue weighted by Gasteiger charge is 2.27. The molecule has 2 heterocycles. The van der Waals surface area contributed by atoms with Gasteiger partial charge in [0, 0.05) is 31.3 Å². The lowest BCUT2D eigenvalue weighted by Crippen LogP contribution is -2.29. The van der Waals surface area contributed by atoms with Crippen LogP contribution in [0.5, 0.6) is 0 Å². The molecule has 0 bridgehead atoms. The van der Waals surface area contributed by atoms with Crippen LogP contribution in [0.25, 0.3) is 11.0 Å². The Bertz CT molecular complexity index is 836. The van der Waals surface area contributed by atoms with E-state index in [0.29, 0.717) is 30.4 Å². The lowest BCUT2D eigenvalue weighted by molar-refractivity contribution is -0.108. The van der Waals surface area contributed by atoms with Crippen LogP contribution in [-0.4, -0.2) is 58.4 Å². The fourth-order valence-corrected chi connectivity index (χ4v) is 4.28. The Morgan fingerprint density at radius 2 is 2.22 bits per heavy atom. The topological polar surface area (TPSA) is 146 Å². The van der Waals surface area contributed by atoms with Gasteiger partial charge in [0.05, 0.1) is 37.3 Å². The molecule has 0 aliphatic carbocycles. The first-order valence-electron chi connectivity index (χ1n) is 8.73. The number of unbranched alkanes of at least 4 members (excludes halogenated alkanes) is 1. The summed E-state index contributed by atoms with van der Waals surface area (Å²) in [7, 11) is -3.43. The fraction of sp³-hybridized carbons (Fsp3) is 0.562. The van der Waals surface area contributed by atoms with E-state index in [1.165, 1.54) is 6.33 Å². The van der Waals surface area contributed by atoms with Gasteiger partial charge in [-0.15, -0.1) is 0 Å². The summed E-state index contributed by atoms with van der Waals surface area (Å²) in [5.74, 6) is 0. The number of nitrogens with one attached hydrogen (secondary N) is 3. The van der Waals surface area contributed by atoms with Gasteiger partial charge < -0.3 is 34.2 Å². The highest BCUT2D eigenvalue weighted by Crippen LogP contribution is 2.48. The number of carbonyl (C=O) groups excluding carboxylic acids is 1. The molecule has 0 amide bonds. The maximum absolute atomic E-state index is 12.6. The van der Waals surface area contributed by atoms with Crippen molar-refractivity contribution in [3.63, 3.8) is 0 Å². The number of fused-ring (bicyclic) bond motifs is 1. The summed E-state index contributed by atoms with van der Waals surface area (Å²) in [6.07, 6.45) is 3.43. The molecule has 150 valence electrons. The van der Waals surface area contributed by atoms with Crippen LogP contribution in [0.1, 0.15) is 25.3 Å². The summed E-state index contributed by atoms with van der Waals surface area (Å²) in [6, 6.07) is 0. The Hall–Kier alpha value is -1.84. The van der Waals surface area contributed by atoms with E-state index in [2.05, 4.69) is 20.3 Å². The van der Waals surface area contributed by atoms with Gasteiger partial charge in [-0.1, -0.05) is 0 Å². The second-order valence-corrected chi connectivity index (χ2v) is 8.01. The minimum Gasteiger partial charge on any atom is -0.391 e. The molecule has 0 fully saturated rings. The van der Waals surface area contributed by atoms with E-state index in [1.54, 1.807) is 13.1 Å². The molecule has 1 unspecified atom stereocenters. The monoisotopic (exact) mass is 400 g/mol. The molecular weight excluding hydrogens is 375 g/mol. The molecule has 2 rings (SSSR count). The van der Waals surface area contributed by atoms with Gasteiger partial charge in [0.2, 0.25) is 0 Å². The van der Waals surface area contributed by atoms with Crippen molar-refractivity contribution in [3.8, 4) is 0 Å². The van der Waals surface area contributed by atoms with Crippen molar-refractivity contribution in [2.75, 3.05) is 25.9 Å². The van der Waals surface area contributed by atoms with E-state index < -0.39 is 13.7 Å². The number of aliphatic hydroxyl groups is 1. The first-order chi connectivity index (χ1) is 13.0. The number of hydrogen-bond acceptors (Lipinski definition) is 8. The average molecular weight is 400 g/mol. The van der Waals surface area contributed by atoms with Crippen LogP contribution in [0.3, 0.4) is 0 Å². The molecule has 0 radical (unpaired) electrons. The van der Waals surface area contributed by atoms with Crippen LogP contribution >= 0.6 is 7.60 Å². The van der Waals surface area contributed by atoms with Crippen molar-refractivity contribution in [2.45, 2.75) is 32.4 Å². The van der Waals surface area contributed by atoms with Gasteiger partial charge in [-0.05, 0) is 13.3 Å². The molecule has 0 saturated heterocycles. The molecule has 0 spiro atoms. The Balaban J connectivity index is 1.85. The van der Waals surface area contributed by atoms with Crippen LogP contribution in [0.4, 0.5) is 0 Å². The first-order valence-corrected chi connectivity index (χ1v) is 10.5. The molecule has 0 aromatic carbocycles. The minimum atomic E-state index is -3.43. The maximum atomic E-state index is 12.6. The number of aromatic nitrogens is 3. The van der Waals surface area contributed by atoms with Crippen LogP contribution < -0.4 is 10.9 Å². The second kappa shape index (κ2) is 10.5. The number of hydrogen-bond donors (Lipinski definition) is 4. The lowest BCUT2D eigenvalue weighted by atomic mass is 10.3. The van der Waals surface area contributed by atoms with Gasteiger partial charge in [0.25, 0.3) is 5.56 Å². The zero-order valence-electron chi connectivity index (χ0n) is 15.1. The van der Waals surface area contributed by atoms with E-state index in [4.69, 9.17) is 9.05 Å². The van der Waals surface area contributed by atoms with Crippen molar-refractivity contribution in [1.82, 2.24) is 20.3 Å². The van der Waals surface area contributed by atoms with Gasteiger partial charge >= 0.3 is 7.60 Å². The number of rotatable bonds is 13. The number of carbonyl (C=O) groups is 1. The molecule has 4 N–H and O–H groups in total. The molecular formula is C16H25N4O6P. The van der Waals surface area contributed by atoms with Gasteiger partial charge in [0.15, 0.2) is 0 Å². The molecule has 27 heavy (non-hydrogen) atoms. The standard InChI is InChI=1S/C16H25N4O6P/c1-2-25-27(24,26-6-4-3-5-21)10-13(22)9-17-7-12-8-18-15-14(12)19-11-20-16(15)23/h5,8,11,13,17-18,22H,2-4,6-7,9-10H2,1H3,(H,19,20,23)/t13-,27?/m0/s1. The third kappa shape index (κ3) is 6.37. The summed E-state index contributed by atoms with van der Waals surface area (Å²) in [4.78, 5) is 31.5. The van der Waals surface area contributed by atoms with E-state index in [9.17, 15) is 19.3 Å². The fourth-order valence-electron chi connectivity index (χ4n) is 2.55. The van der Waals surface area contributed by atoms with Crippen molar-refractivity contribution in [2.24, 2.45) is 0 Å². The normalized spacial score (nSPS) is 14.9. The van der Waals surface area contributed by atoms with E-state index in [1.807, 2.05) is 0 Å². The summed E-state index contributed by atoms with van der Waals surface area (Å²) in [5.41, 5.74) is 1.47. The predicted molar refractivity (Wildman–Crippen MR) is 99.8 cm³/mol. The number of aromatic amines is 2. The Labute approximate surface area is 156 Å². The van der Waals surface area contributed by atoms with Crippen molar-refractivity contribution in [1.29, 1.82) is 0 Å². The summed E-state index contributed by atoms with van der Waals surface area (Å²) < 4.78 is 23.1. The number of nitrogens with zero attached hydrogens (tertiary/aromatic N) is 1. The van der Waals surface area contributed by atoms with Gasteiger partial charge in [0.1, 0.15) is 11.8 Å². The summed E-state index contributed by atoms with van der Waals surface area (Å²) in [5, 5.41) is 13.2. The Morgan fingerprint density at radius 1 is 1.41 bits per heavy atom. The van der Waals surface area contributed by atoms with Crippen molar-refractivity contribution >= 4 is 24.9 Å². The van der Waals surface area contributed by atoms with Crippen molar-refractivity contribution < 1.29 is 23.5 Å². The average Bonchev–Trinajstić information content (AvgIpc) is 3.03. The molecule has 0 aliphatic rings. The third-order valence-electron chi connectivity index (χ3n) is 3.76. The SMILES string of the molecule is CCOP(=O)(C[C@@H](O)CNCc1c[nH]c2c(=O)[nH]cnc12)OCCCC=O. The molecule has 10 nitrogen and oxygen atoms in total. The predicted octanol–water partition coefficient (Wildman–Crippen LogP) is 0.927. The second-order valence-electron chi connectivity index (χ2n) is 5.91. The summed E-state index contributed by atoms with van der Waals surface area (Å²) in [6.45, 7) is 2.54. The molecule has 0 saturated carbocycles. The van der Waals surface area contributed by atoms with E-state index >= 15 is 0 Å². The van der Waals surface area contributed by atoms with Crippen LogP contribution in [0.2, 0.25) is 0 Å². The highest BCUT2D eigenvalue weighted by atomic mass is 31.2. The van der Waals surface area contributed by atoms with Crippen molar-refractivity contribution in [3.05, 3.63) is 28.4 Å². The zero-order valence-corrected chi connectivity index (χ0v) is 16.0. The first kappa shape index (κ1) is 21.5. The smallest absolute Gasteiger partial charge is 0.333 e. The number of aldehydes is 1. The molecule has 2 aromatic heterocycles. The Kier molecular flexibility index (Phi) is 8.33. The molecule has 2 aromatic rings. The van der Waals surface area contributed by atoms with Crippen LogP contribution in [0, 0.1) is 0 Å². The van der Waals surface area contributed by atoms with E-state index in [-0.39, 0.29) is 31.5 Å². The highest BCUT2D eigenvalue weighted by molar-refractivity contribution is 7.53. The minimum absolute atomic E-state index is 0.131. The van der Waals surface area contributed by atoms with Gasteiger partial charge in [-0.2, -0.15) is 0 Å². The maximum Gasteiger partial charge on any atom is 0.333 e. The quantitative estimate of drug-likeness (QED) is 0.221. The lowest BCUT2D eigenvalue weighted by Gasteiger charge is -2.20. The van der Waals surface area contributed by atoms with Crippen LogP contribution in [0.15, 0.2) is 17.3 Å². The van der Waals surface area contributed by atoms with E-state index in [0.717, 1.165) is 11.8 Å². The number of H-pyrrole nitrogens is 2. The Morgan fingerprint density at radius 3 is 2.96 bits per heavy atom. The number of aliphatic hydroxyl groups excluding tert-OH is 1. The largest absolute Gasteiger partial charge is 0.391 e. The van der Waals surface area contributed by atoms with Crippen LogP contribution in [-0.2, 0) is 25.0 Å². The van der Waals surface area contributed by atoms with Gasteiger partial charge in [-0.3, -0.25) is 9.36 Å². The molecule has 11 heteroatoms. The molecule has 0 aliphatic heterocycles. The van der Waals surface area contributed by atoms with Gasteiger partial charge in [-0.25, -0.2) is 4.98 Å². The summed E-state index contributed by atoms with van der Waals surface area (Å²) >= 11 is 0. The third-order valence-corrected chi connectivity index (χ3v) is 5.85. The molecule has 2 atom stereocenters. The zero-order chi connectivity index (χ0) is 19.7.